The average molecular weight is 474 g/mol. The molecule has 8 heteroatoms. The third-order valence-corrected chi connectivity index (χ3v) is 8.65. The number of nitrogens with zero attached hydrogens (tertiary/aromatic N) is 1. The van der Waals surface area contributed by atoms with Crippen molar-refractivity contribution in [1.82, 2.24) is 10.4 Å². The highest BCUT2D eigenvalue weighted by Gasteiger charge is 2.57. The van der Waals surface area contributed by atoms with E-state index >= 15 is 0 Å². The molecule has 2 bridgehead atoms. The van der Waals surface area contributed by atoms with E-state index in [4.69, 9.17) is 4.84 Å². The molecule has 3 saturated carbocycles. The topological polar surface area (TPSA) is 111 Å². The van der Waals surface area contributed by atoms with E-state index in [1.54, 1.807) is 18.1 Å². The molecule has 1 saturated heterocycles. The van der Waals surface area contributed by atoms with Gasteiger partial charge < -0.3 is 20.8 Å². The molecule has 0 aromatic heterocycles. The zero-order valence-electron chi connectivity index (χ0n) is 20.8. The molecule has 188 valence electrons. The minimum absolute atomic E-state index is 0.0945. The number of hydrogen-bond acceptors (Lipinski definition) is 6. The van der Waals surface area contributed by atoms with Gasteiger partial charge in [0.1, 0.15) is 12.1 Å². The molecule has 0 spiro atoms. The van der Waals surface area contributed by atoms with Crippen LogP contribution in [0, 0.1) is 29.1 Å². The second kappa shape index (κ2) is 9.57. The number of benzene rings is 1. The number of anilines is 1. The summed E-state index contributed by atoms with van der Waals surface area (Å²) in [5.74, 6) is 0.701. The van der Waals surface area contributed by atoms with Crippen molar-refractivity contribution in [3.05, 3.63) is 29.8 Å². The van der Waals surface area contributed by atoms with Gasteiger partial charge in [0.2, 0.25) is 11.8 Å². The van der Waals surface area contributed by atoms with E-state index in [-0.39, 0.29) is 31.0 Å². The van der Waals surface area contributed by atoms with Crippen molar-refractivity contribution in [3.63, 3.8) is 0 Å². The van der Waals surface area contributed by atoms with Gasteiger partial charge in [-0.15, -0.1) is 0 Å². The predicted molar refractivity (Wildman–Crippen MR) is 128 cm³/mol. The fraction of sp³-hybridized carbons (Fsp3) is 0.692. The Morgan fingerprint density at radius 2 is 2.03 bits per heavy atom. The van der Waals surface area contributed by atoms with E-state index in [0.29, 0.717) is 28.9 Å². The summed E-state index contributed by atoms with van der Waals surface area (Å²) in [7, 11) is 0. The summed E-state index contributed by atoms with van der Waals surface area (Å²) in [6, 6.07) is 6.72. The van der Waals surface area contributed by atoms with Gasteiger partial charge in [-0.05, 0) is 60.6 Å². The fourth-order valence-corrected chi connectivity index (χ4v) is 6.61. The van der Waals surface area contributed by atoms with Crippen LogP contribution in [-0.4, -0.2) is 58.0 Å². The lowest BCUT2D eigenvalue weighted by Crippen LogP contribution is -2.62. The van der Waals surface area contributed by atoms with E-state index in [0.717, 1.165) is 12.0 Å². The molecule has 5 rings (SSSR count). The van der Waals surface area contributed by atoms with Crippen LogP contribution in [0.3, 0.4) is 0 Å². The quantitative estimate of drug-likeness (QED) is 0.484. The minimum Gasteiger partial charge on any atom is -0.394 e. The monoisotopic (exact) mass is 473 g/mol. The number of carbonyl (C=O) groups excluding carboxylic acids is 2. The summed E-state index contributed by atoms with van der Waals surface area (Å²) < 4.78 is 0. The zero-order valence-corrected chi connectivity index (χ0v) is 20.8. The van der Waals surface area contributed by atoms with Gasteiger partial charge in [-0.2, -0.15) is 5.06 Å². The normalized spacial score (nSPS) is 35.3. The lowest BCUT2D eigenvalue weighted by molar-refractivity contribution is -0.183. The number of aliphatic hydroxyl groups is 2. The number of amides is 2. The maximum Gasteiger partial charge on any atom is 0.240 e. The molecule has 8 nitrogen and oxygen atoms in total. The SMILES string of the molecule is CC(=O)Nc1cccc(CN2O[C@@H](CO)[C@@H]([C@H](C)O)[C@H]2C(=O)NC2C[C@@H]3CC([C@@H]2C)C3(C)C)c1. The van der Waals surface area contributed by atoms with Crippen LogP contribution in [0.1, 0.15) is 53.0 Å². The molecule has 0 radical (unpaired) electrons. The summed E-state index contributed by atoms with van der Waals surface area (Å²) in [5.41, 5.74) is 1.83. The van der Waals surface area contributed by atoms with Crippen molar-refractivity contribution in [1.29, 1.82) is 0 Å². The summed E-state index contributed by atoms with van der Waals surface area (Å²) in [6.45, 7) is 9.97. The Morgan fingerprint density at radius 1 is 1.29 bits per heavy atom. The molecule has 34 heavy (non-hydrogen) atoms. The molecule has 1 aromatic rings. The van der Waals surface area contributed by atoms with Gasteiger partial charge >= 0.3 is 0 Å². The summed E-state index contributed by atoms with van der Waals surface area (Å²) in [4.78, 5) is 31.1. The number of aliphatic hydroxyl groups excluding tert-OH is 2. The van der Waals surface area contributed by atoms with Gasteiger partial charge in [0.25, 0.3) is 0 Å². The van der Waals surface area contributed by atoms with Crippen molar-refractivity contribution in [2.45, 2.75) is 78.3 Å². The molecular formula is C26H39N3O5. The molecule has 1 heterocycles. The molecule has 4 aliphatic rings. The second-order valence-corrected chi connectivity index (χ2v) is 11.1. The van der Waals surface area contributed by atoms with E-state index < -0.39 is 24.2 Å². The average Bonchev–Trinajstić information content (AvgIpc) is 3.13. The van der Waals surface area contributed by atoms with Gasteiger partial charge in [-0.1, -0.05) is 32.9 Å². The third-order valence-electron chi connectivity index (χ3n) is 8.65. The van der Waals surface area contributed by atoms with Crippen LogP contribution in [0.5, 0.6) is 0 Å². The first-order valence-corrected chi connectivity index (χ1v) is 12.4. The molecule has 2 unspecified atom stereocenters. The van der Waals surface area contributed by atoms with E-state index in [9.17, 15) is 19.8 Å². The van der Waals surface area contributed by atoms with Crippen LogP contribution in [0.15, 0.2) is 24.3 Å². The first-order chi connectivity index (χ1) is 16.0. The minimum atomic E-state index is -0.834. The lowest BCUT2D eigenvalue weighted by Gasteiger charge is -2.62. The van der Waals surface area contributed by atoms with Gasteiger partial charge in [-0.25, -0.2) is 0 Å². The van der Waals surface area contributed by atoms with E-state index in [2.05, 4.69) is 31.4 Å². The predicted octanol–water partition coefficient (Wildman–Crippen LogP) is 2.31. The fourth-order valence-electron chi connectivity index (χ4n) is 6.61. The molecule has 1 aliphatic heterocycles. The van der Waals surface area contributed by atoms with Gasteiger partial charge in [0.15, 0.2) is 0 Å². The van der Waals surface area contributed by atoms with Crippen molar-refractivity contribution in [3.8, 4) is 0 Å². The Balaban J connectivity index is 1.53. The Labute approximate surface area is 202 Å². The number of hydrogen-bond donors (Lipinski definition) is 4. The van der Waals surface area contributed by atoms with Crippen molar-refractivity contribution >= 4 is 17.5 Å². The highest BCUT2D eigenvalue weighted by Crippen LogP contribution is 2.61. The lowest BCUT2D eigenvalue weighted by atomic mass is 9.45. The van der Waals surface area contributed by atoms with Crippen LogP contribution in [0.4, 0.5) is 5.69 Å². The Hall–Kier alpha value is -2.00. The first kappa shape index (κ1) is 25.1. The summed E-state index contributed by atoms with van der Waals surface area (Å²) >= 11 is 0. The molecule has 4 N–H and O–H groups in total. The summed E-state index contributed by atoms with van der Waals surface area (Å²) in [5, 5.41) is 28.1. The van der Waals surface area contributed by atoms with Gasteiger partial charge in [-0.3, -0.25) is 14.4 Å². The van der Waals surface area contributed by atoms with Crippen LogP contribution in [-0.2, 0) is 21.0 Å². The number of carbonyl (C=O) groups is 2. The van der Waals surface area contributed by atoms with Crippen LogP contribution in [0.2, 0.25) is 0 Å². The van der Waals surface area contributed by atoms with Crippen molar-refractivity contribution < 1.29 is 24.6 Å². The number of rotatable bonds is 7. The largest absolute Gasteiger partial charge is 0.394 e. The Morgan fingerprint density at radius 3 is 2.62 bits per heavy atom. The molecule has 3 aliphatic carbocycles. The molecule has 4 fully saturated rings. The first-order valence-electron chi connectivity index (χ1n) is 12.4. The van der Waals surface area contributed by atoms with Gasteiger partial charge in [0, 0.05) is 24.6 Å². The van der Waals surface area contributed by atoms with E-state index in [1.807, 2.05) is 18.2 Å². The Bertz CT molecular complexity index is 919. The number of hydroxylamine groups is 2. The number of fused-ring (bicyclic) bond motifs is 2. The van der Waals surface area contributed by atoms with Gasteiger partial charge in [0.05, 0.1) is 19.3 Å². The smallest absolute Gasteiger partial charge is 0.240 e. The third kappa shape index (κ3) is 4.61. The maximum atomic E-state index is 13.6. The van der Waals surface area contributed by atoms with Crippen LogP contribution in [0.25, 0.3) is 0 Å². The molecule has 1 aromatic carbocycles. The Kier molecular flexibility index (Phi) is 7.06. The maximum absolute atomic E-state index is 13.6. The van der Waals surface area contributed by atoms with Crippen LogP contribution < -0.4 is 10.6 Å². The highest BCUT2D eigenvalue weighted by molar-refractivity contribution is 5.88. The van der Waals surface area contributed by atoms with E-state index in [1.165, 1.54) is 13.3 Å². The molecule has 2 amide bonds. The summed E-state index contributed by atoms with van der Waals surface area (Å²) in [6.07, 6.45) is 0.684. The number of nitrogens with one attached hydrogen (secondary N) is 2. The molecule has 8 atom stereocenters. The highest BCUT2D eigenvalue weighted by atomic mass is 16.7. The molecular weight excluding hydrogens is 434 g/mol. The zero-order chi connectivity index (χ0) is 24.8. The second-order valence-electron chi connectivity index (χ2n) is 11.1. The van der Waals surface area contributed by atoms with Crippen molar-refractivity contribution in [2.24, 2.45) is 29.1 Å². The standard InChI is InChI=1S/C26H39N3O5/c1-14-20-10-18(26(20,4)5)11-21(14)28-25(33)24-23(15(2)31)22(13-30)34-29(24)12-17-7-6-8-19(9-17)27-16(3)32/h6-9,14-15,18,20-24,30-31H,10-13H2,1-5H3,(H,27,32)(H,28,33)/t14-,15-,18-,20?,21?,22-,23+,24-/m0/s1. The van der Waals surface area contributed by atoms with Crippen molar-refractivity contribution in [2.75, 3.05) is 11.9 Å². The van der Waals surface area contributed by atoms with Crippen LogP contribution >= 0.6 is 0 Å².